The summed E-state index contributed by atoms with van der Waals surface area (Å²) in [6, 6.07) is 9.70. The summed E-state index contributed by atoms with van der Waals surface area (Å²) < 4.78 is 0.861. The van der Waals surface area contributed by atoms with Crippen LogP contribution in [0, 0.1) is 6.92 Å². The van der Waals surface area contributed by atoms with E-state index in [0.29, 0.717) is 12.4 Å². The first-order chi connectivity index (χ1) is 14.1. The van der Waals surface area contributed by atoms with E-state index in [4.69, 9.17) is 11.6 Å². The summed E-state index contributed by atoms with van der Waals surface area (Å²) in [5.41, 5.74) is 4.94. The Bertz CT molecular complexity index is 1290. The number of aromatic amines is 1. The van der Waals surface area contributed by atoms with Gasteiger partial charge < -0.3 is 15.0 Å². The zero-order valence-electron chi connectivity index (χ0n) is 15.8. The molecule has 1 amide bonds. The smallest absolute Gasteiger partial charge is 0.251 e. The highest BCUT2D eigenvalue weighted by molar-refractivity contribution is 7.17. The number of halogens is 1. The van der Waals surface area contributed by atoms with Gasteiger partial charge in [0.2, 0.25) is 0 Å². The Morgan fingerprint density at radius 1 is 1.41 bits per heavy atom. The lowest BCUT2D eigenvalue weighted by Gasteiger charge is -2.16. The molecule has 3 heterocycles. The Labute approximate surface area is 177 Å². The second kappa shape index (κ2) is 6.94. The molecule has 0 radical (unpaired) electrons. The van der Waals surface area contributed by atoms with E-state index in [-0.39, 0.29) is 17.6 Å². The molecule has 2 aromatic heterocycles. The highest BCUT2D eigenvalue weighted by Crippen LogP contribution is 2.48. The summed E-state index contributed by atoms with van der Waals surface area (Å²) in [4.78, 5) is 18.0. The monoisotopic (exact) mass is 422 g/mol. The van der Waals surface area contributed by atoms with E-state index in [2.05, 4.69) is 4.98 Å². The van der Waals surface area contributed by atoms with Gasteiger partial charge in [-0.1, -0.05) is 18.2 Å². The minimum atomic E-state index is -0.115. The van der Waals surface area contributed by atoms with Crippen molar-refractivity contribution in [2.75, 3.05) is 17.3 Å². The molecule has 0 fully saturated rings. The number of aromatic hydroxyl groups is 1. The molecule has 1 atom stereocenters. The number of thiophene rings is 1. The number of anilines is 1. The fourth-order valence-electron chi connectivity index (χ4n) is 4.23. The van der Waals surface area contributed by atoms with Crippen molar-refractivity contribution in [1.82, 2.24) is 4.98 Å². The quantitative estimate of drug-likeness (QED) is 0.325. The number of aryl methyl sites for hydroxylation is 1. The van der Waals surface area contributed by atoms with Crippen molar-refractivity contribution in [3.05, 3.63) is 64.7 Å². The SMILES string of the molecule is Cc1csc2c(O)cc3c(c12)[C@H](CCl)CN3C(=O)C=Cc1c[nH]c2ccccc12. The molecule has 6 heteroatoms. The molecule has 1 aliphatic heterocycles. The fraction of sp³-hybridized carbons (Fsp3) is 0.174. The maximum absolute atomic E-state index is 13.1. The number of H-pyrrole nitrogens is 1. The molecule has 0 saturated heterocycles. The Kier molecular flexibility index (Phi) is 4.37. The van der Waals surface area contributed by atoms with Crippen LogP contribution in [-0.2, 0) is 4.79 Å². The third kappa shape index (κ3) is 2.84. The van der Waals surface area contributed by atoms with E-state index < -0.39 is 0 Å². The molecule has 0 saturated carbocycles. The van der Waals surface area contributed by atoms with Gasteiger partial charge in [0.15, 0.2) is 0 Å². The van der Waals surface area contributed by atoms with Crippen molar-refractivity contribution in [3.63, 3.8) is 0 Å². The number of nitrogens with zero attached hydrogens (tertiary/aromatic N) is 1. The van der Waals surface area contributed by atoms with Crippen molar-refractivity contribution in [2.24, 2.45) is 0 Å². The second-order valence-corrected chi connectivity index (χ2v) is 8.56. The van der Waals surface area contributed by atoms with Crippen LogP contribution in [0.5, 0.6) is 5.75 Å². The van der Waals surface area contributed by atoms with E-state index in [0.717, 1.165) is 43.4 Å². The van der Waals surface area contributed by atoms with Gasteiger partial charge >= 0.3 is 0 Å². The molecule has 0 bridgehead atoms. The summed E-state index contributed by atoms with van der Waals surface area (Å²) in [6.07, 6.45) is 5.33. The van der Waals surface area contributed by atoms with Crippen LogP contribution in [0.2, 0.25) is 0 Å². The molecule has 1 aliphatic rings. The van der Waals surface area contributed by atoms with Crippen molar-refractivity contribution in [2.45, 2.75) is 12.8 Å². The molecule has 2 N–H and O–H groups in total. The zero-order chi connectivity index (χ0) is 20.1. The van der Waals surface area contributed by atoms with Crippen LogP contribution < -0.4 is 4.90 Å². The molecule has 4 aromatic rings. The average Bonchev–Trinajstić information content (AvgIpc) is 3.41. The highest BCUT2D eigenvalue weighted by Gasteiger charge is 2.34. The maximum Gasteiger partial charge on any atom is 0.251 e. The van der Waals surface area contributed by atoms with Crippen LogP contribution >= 0.6 is 22.9 Å². The van der Waals surface area contributed by atoms with E-state index in [1.54, 1.807) is 17.0 Å². The normalized spacial score (nSPS) is 16.3. The standard InChI is InChI=1S/C23H19ClN2O2S/c1-13-12-29-23-19(27)8-18-22(21(13)23)15(9-24)11-26(18)20(28)7-6-14-10-25-17-5-3-2-4-16(14)17/h2-8,10,12,15,25,27H,9,11H2,1H3/t15-/m1/s1. The van der Waals surface area contributed by atoms with Crippen LogP contribution in [0.1, 0.15) is 22.6 Å². The Morgan fingerprint density at radius 3 is 3.07 bits per heavy atom. The third-order valence-corrected chi connectivity index (χ3v) is 7.10. The van der Waals surface area contributed by atoms with E-state index in [1.165, 1.54) is 11.3 Å². The number of phenolic OH excluding ortho intramolecular Hbond substituents is 1. The predicted molar refractivity (Wildman–Crippen MR) is 121 cm³/mol. The number of benzene rings is 2. The Morgan fingerprint density at radius 2 is 2.24 bits per heavy atom. The largest absolute Gasteiger partial charge is 0.506 e. The topological polar surface area (TPSA) is 56.3 Å². The first-order valence-corrected chi connectivity index (χ1v) is 10.8. The van der Waals surface area contributed by atoms with Gasteiger partial charge in [-0.3, -0.25) is 4.79 Å². The number of para-hydroxylation sites is 1. The molecule has 0 aliphatic carbocycles. The van der Waals surface area contributed by atoms with Gasteiger partial charge in [-0.05, 0) is 41.1 Å². The number of amides is 1. The molecule has 0 spiro atoms. The number of rotatable bonds is 3. The first kappa shape index (κ1) is 18.3. The molecular weight excluding hydrogens is 404 g/mol. The van der Waals surface area contributed by atoms with Crippen molar-refractivity contribution >= 4 is 61.6 Å². The molecule has 29 heavy (non-hydrogen) atoms. The fourth-order valence-corrected chi connectivity index (χ4v) is 5.47. The van der Waals surface area contributed by atoms with Gasteiger partial charge in [0.1, 0.15) is 5.75 Å². The predicted octanol–water partition coefficient (Wildman–Crippen LogP) is 5.78. The maximum atomic E-state index is 13.1. The zero-order valence-corrected chi connectivity index (χ0v) is 17.3. The van der Waals surface area contributed by atoms with Gasteiger partial charge in [-0.2, -0.15) is 0 Å². The van der Waals surface area contributed by atoms with Crippen molar-refractivity contribution in [3.8, 4) is 5.75 Å². The summed E-state index contributed by atoms with van der Waals surface area (Å²) >= 11 is 7.79. The molecule has 0 unspecified atom stereocenters. The number of phenols is 1. The van der Waals surface area contributed by atoms with E-state index in [9.17, 15) is 9.90 Å². The van der Waals surface area contributed by atoms with Crippen LogP contribution in [0.25, 0.3) is 27.1 Å². The number of alkyl halides is 1. The number of nitrogens with one attached hydrogen (secondary N) is 1. The molecule has 2 aromatic carbocycles. The minimum Gasteiger partial charge on any atom is -0.506 e. The number of carbonyl (C=O) groups excluding carboxylic acids is 1. The van der Waals surface area contributed by atoms with Gasteiger partial charge in [0.05, 0.1) is 10.4 Å². The molecular formula is C23H19ClN2O2S. The number of hydrogen-bond acceptors (Lipinski definition) is 3. The summed E-state index contributed by atoms with van der Waals surface area (Å²) in [5.74, 6) is 0.577. The minimum absolute atomic E-state index is 0.0495. The first-order valence-electron chi connectivity index (χ1n) is 9.43. The van der Waals surface area contributed by atoms with E-state index >= 15 is 0 Å². The van der Waals surface area contributed by atoms with Crippen LogP contribution in [0.3, 0.4) is 0 Å². The van der Waals surface area contributed by atoms with Crippen molar-refractivity contribution in [1.29, 1.82) is 0 Å². The van der Waals surface area contributed by atoms with Gasteiger partial charge in [0, 0.05) is 53.0 Å². The third-order valence-electron chi connectivity index (χ3n) is 5.61. The number of carbonyl (C=O) groups is 1. The highest BCUT2D eigenvalue weighted by atomic mass is 35.5. The van der Waals surface area contributed by atoms with Gasteiger partial charge in [-0.15, -0.1) is 22.9 Å². The van der Waals surface area contributed by atoms with Crippen LogP contribution in [0.15, 0.2) is 48.0 Å². The molecule has 4 nitrogen and oxygen atoms in total. The Balaban J connectivity index is 1.54. The lowest BCUT2D eigenvalue weighted by atomic mass is 9.97. The molecule has 5 rings (SSSR count). The molecule has 146 valence electrons. The number of hydrogen-bond donors (Lipinski definition) is 2. The second-order valence-electron chi connectivity index (χ2n) is 7.37. The van der Waals surface area contributed by atoms with Crippen molar-refractivity contribution < 1.29 is 9.90 Å². The average molecular weight is 423 g/mol. The lowest BCUT2D eigenvalue weighted by Crippen LogP contribution is -2.28. The summed E-state index contributed by atoms with van der Waals surface area (Å²) in [7, 11) is 0. The summed E-state index contributed by atoms with van der Waals surface area (Å²) in [5, 5.41) is 14.7. The van der Waals surface area contributed by atoms with Gasteiger partial charge in [0.25, 0.3) is 5.91 Å². The number of aromatic nitrogens is 1. The summed E-state index contributed by atoms with van der Waals surface area (Å²) in [6.45, 7) is 2.55. The van der Waals surface area contributed by atoms with Crippen LogP contribution in [-0.4, -0.2) is 28.4 Å². The van der Waals surface area contributed by atoms with Crippen LogP contribution in [0.4, 0.5) is 5.69 Å². The Hall–Kier alpha value is -2.76. The number of fused-ring (bicyclic) bond motifs is 4. The van der Waals surface area contributed by atoms with E-state index in [1.807, 2.05) is 48.8 Å². The van der Waals surface area contributed by atoms with Gasteiger partial charge in [-0.25, -0.2) is 0 Å². The lowest BCUT2D eigenvalue weighted by molar-refractivity contribution is -0.114.